The van der Waals surface area contributed by atoms with Crippen LogP contribution < -0.4 is 4.90 Å². The fraction of sp³-hybridized carbons (Fsp3) is 0.0526. The quantitative estimate of drug-likeness (QED) is 0.136. The molecule has 8 aromatic carbocycles. The molecule has 0 atom stereocenters. The molecule has 2 heteroatoms. The first-order valence-electron chi connectivity index (χ1n) is 20.3. The van der Waals surface area contributed by atoms with Gasteiger partial charge < -0.3 is 9.32 Å². The van der Waals surface area contributed by atoms with Gasteiger partial charge in [-0.05, 0) is 92.5 Å². The van der Waals surface area contributed by atoms with Crippen LogP contribution in [0, 0.1) is 0 Å². The van der Waals surface area contributed by atoms with Gasteiger partial charge in [0.15, 0.2) is 0 Å². The van der Waals surface area contributed by atoms with Crippen molar-refractivity contribution < 1.29 is 4.42 Å². The molecule has 1 aromatic heterocycles. The summed E-state index contributed by atoms with van der Waals surface area (Å²) in [7, 11) is 0. The topological polar surface area (TPSA) is 16.4 Å². The third-order valence-electron chi connectivity index (χ3n) is 11.7. The number of nitrogens with zero attached hydrogens (tertiary/aromatic N) is 1. The van der Waals surface area contributed by atoms with Crippen molar-refractivity contribution in [1.29, 1.82) is 0 Å². The number of furan rings is 1. The number of anilines is 3. The van der Waals surface area contributed by atoms with E-state index >= 15 is 0 Å². The predicted molar refractivity (Wildman–Crippen MR) is 252 cm³/mol. The summed E-state index contributed by atoms with van der Waals surface area (Å²) >= 11 is 0. The lowest BCUT2D eigenvalue weighted by Crippen LogP contribution is -2.16. The third-order valence-corrected chi connectivity index (χ3v) is 11.7. The number of hydrogen-bond donors (Lipinski definition) is 0. The fourth-order valence-electron chi connectivity index (χ4n) is 8.50. The molecule has 0 unspecified atom stereocenters. The normalized spacial score (nSPS) is 13.2. The van der Waals surface area contributed by atoms with E-state index in [2.05, 4.69) is 225 Å². The summed E-state index contributed by atoms with van der Waals surface area (Å²) in [5, 5.41) is 2.28. The molecule has 1 heterocycles. The molecule has 1 aliphatic carbocycles. The Morgan fingerprint density at radius 3 is 1.51 bits per heavy atom. The highest BCUT2D eigenvalue weighted by molar-refractivity contribution is 6.07. The summed E-state index contributed by atoms with van der Waals surface area (Å²) in [4.78, 5) is 2.38. The standard InChI is InChI=1S/C57H43NO/c1-57(2)53-38-44(23-22-41-14-7-4-8-15-41)29-36-49(53)50-37-35-48(39-54(50)57)58(46-31-25-42(26-32-46)21-20-40-12-5-3-6-13-40)47-33-27-43(28-34-47)24-30-45-16-11-18-52-51-17-9-10-19-55(51)59-56(45)52/h3-39H,1-2H3. The zero-order valence-electron chi connectivity index (χ0n) is 33.2. The van der Waals surface area contributed by atoms with E-state index in [0.717, 1.165) is 55.7 Å². The van der Waals surface area contributed by atoms with Crippen LogP contribution in [-0.4, -0.2) is 0 Å². The number of fused-ring (bicyclic) bond motifs is 6. The van der Waals surface area contributed by atoms with E-state index in [0.29, 0.717) is 0 Å². The Hall–Kier alpha value is -7.42. The van der Waals surface area contributed by atoms with E-state index in [-0.39, 0.29) is 5.41 Å². The largest absolute Gasteiger partial charge is 0.455 e. The van der Waals surface area contributed by atoms with Crippen LogP contribution in [0.3, 0.4) is 0 Å². The monoisotopic (exact) mass is 757 g/mol. The molecule has 0 bridgehead atoms. The SMILES string of the molecule is CC1(C)c2cc(C=Cc3ccccc3)ccc2-c2ccc(N(c3ccc(C=Cc4ccccc4)cc3)c3ccc(C=Cc4cccc5c4oc4ccccc45)cc3)cc21. The first kappa shape index (κ1) is 36.0. The van der Waals surface area contributed by atoms with Crippen molar-refractivity contribution in [2.24, 2.45) is 0 Å². The Morgan fingerprint density at radius 1 is 0.390 bits per heavy atom. The molecule has 0 aliphatic heterocycles. The van der Waals surface area contributed by atoms with Gasteiger partial charge in [0, 0.05) is 38.8 Å². The second-order valence-corrected chi connectivity index (χ2v) is 15.8. The molecule has 1 aliphatic rings. The summed E-state index contributed by atoms with van der Waals surface area (Å²) in [6, 6.07) is 67.1. The maximum Gasteiger partial charge on any atom is 0.142 e. The summed E-state index contributed by atoms with van der Waals surface area (Å²) in [5.74, 6) is 0. The molecule has 0 N–H and O–H groups in total. The van der Waals surface area contributed by atoms with Gasteiger partial charge in [-0.2, -0.15) is 0 Å². The molecule has 59 heavy (non-hydrogen) atoms. The van der Waals surface area contributed by atoms with Crippen molar-refractivity contribution >= 4 is 75.5 Å². The van der Waals surface area contributed by atoms with Crippen LogP contribution in [0.4, 0.5) is 17.1 Å². The number of para-hydroxylation sites is 2. The van der Waals surface area contributed by atoms with E-state index in [1.54, 1.807) is 0 Å². The third kappa shape index (κ3) is 7.00. The van der Waals surface area contributed by atoms with Crippen LogP contribution in [0.5, 0.6) is 0 Å². The molecule has 0 spiro atoms. The van der Waals surface area contributed by atoms with Crippen molar-refractivity contribution in [2.45, 2.75) is 19.3 Å². The first-order valence-corrected chi connectivity index (χ1v) is 20.3. The highest BCUT2D eigenvalue weighted by atomic mass is 16.3. The van der Waals surface area contributed by atoms with Crippen molar-refractivity contribution in [3.63, 3.8) is 0 Å². The molecule has 282 valence electrons. The average Bonchev–Trinajstić information content (AvgIpc) is 3.78. The van der Waals surface area contributed by atoms with Crippen LogP contribution in [0.15, 0.2) is 192 Å². The van der Waals surface area contributed by atoms with Crippen LogP contribution in [0.25, 0.3) is 69.5 Å². The van der Waals surface area contributed by atoms with Gasteiger partial charge in [-0.3, -0.25) is 0 Å². The minimum Gasteiger partial charge on any atom is -0.455 e. The Labute approximate surface area is 346 Å². The maximum absolute atomic E-state index is 6.30. The van der Waals surface area contributed by atoms with Gasteiger partial charge in [0.2, 0.25) is 0 Å². The van der Waals surface area contributed by atoms with Crippen LogP contribution >= 0.6 is 0 Å². The van der Waals surface area contributed by atoms with Crippen molar-refractivity contribution in [3.05, 3.63) is 233 Å². The smallest absolute Gasteiger partial charge is 0.142 e. The minimum atomic E-state index is -0.174. The van der Waals surface area contributed by atoms with E-state index in [1.165, 1.54) is 38.9 Å². The van der Waals surface area contributed by atoms with E-state index in [9.17, 15) is 0 Å². The summed E-state index contributed by atoms with van der Waals surface area (Å²) < 4.78 is 6.30. The van der Waals surface area contributed by atoms with Gasteiger partial charge in [-0.25, -0.2) is 0 Å². The average molecular weight is 758 g/mol. The van der Waals surface area contributed by atoms with Gasteiger partial charge in [0.25, 0.3) is 0 Å². The molecule has 0 fully saturated rings. The molecule has 9 aromatic rings. The molecular weight excluding hydrogens is 715 g/mol. The van der Waals surface area contributed by atoms with Gasteiger partial charge >= 0.3 is 0 Å². The summed E-state index contributed by atoms with van der Waals surface area (Å²) in [5.41, 5.74) is 17.2. The zero-order chi connectivity index (χ0) is 39.8. The molecule has 2 nitrogen and oxygen atoms in total. The highest BCUT2D eigenvalue weighted by Gasteiger charge is 2.36. The van der Waals surface area contributed by atoms with Crippen LogP contribution in [0.2, 0.25) is 0 Å². The summed E-state index contributed by atoms with van der Waals surface area (Å²) in [6.45, 7) is 4.72. The molecule has 0 saturated carbocycles. The van der Waals surface area contributed by atoms with E-state index < -0.39 is 0 Å². The number of hydrogen-bond acceptors (Lipinski definition) is 2. The van der Waals surface area contributed by atoms with Crippen molar-refractivity contribution in [2.75, 3.05) is 4.90 Å². The van der Waals surface area contributed by atoms with Gasteiger partial charge in [-0.1, -0.05) is 196 Å². The predicted octanol–water partition coefficient (Wildman–Crippen LogP) is 15.9. The van der Waals surface area contributed by atoms with E-state index in [4.69, 9.17) is 4.42 Å². The first-order chi connectivity index (χ1) is 29.0. The second-order valence-electron chi connectivity index (χ2n) is 15.8. The minimum absolute atomic E-state index is 0.174. The van der Waals surface area contributed by atoms with Crippen LogP contribution in [-0.2, 0) is 5.41 Å². The van der Waals surface area contributed by atoms with E-state index in [1.807, 2.05) is 18.2 Å². The summed E-state index contributed by atoms with van der Waals surface area (Å²) in [6.07, 6.45) is 13.1. The van der Waals surface area contributed by atoms with Gasteiger partial charge in [-0.15, -0.1) is 0 Å². The lowest BCUT2D eigenvalue weighted by atomic mass is 9.81. The molecule has 0 amide bonds. The molecular formula is C57H43NO. The van der Waals surface area contributed by atoms with Crippen LogP contribution in [0.1, 0.15) is 58.4 Å². The second kappa shape index (κ2) is 15.2. The molecule has 10 rings (SSSR count). The van der Waals surface area contributed by atoms with Crippen molar-refractivity contribution in [3.8, 4) is 11.1 Å². The maximum atomic E-state index is 6.30. The lowest BCUT2D eigenvalue weighted by molar-refractivity contribution is 0.660. The Morgan fingerprint density at radius 2 is 0.864 bits per heavy atom. The molecule has 0 saturated heterocycles. The highest BCUT2D eigenvalue weighted by Crippen LogP contribution is 2.51. The van der Waals surface area contributed by atoms with Gasteiger partial charge in [0.05, 0.1) is 0 Å². The van der Waals surface area contributed by atoms with Gasteiger partial charge in [0.1, 0.15) is 11.2 Å². The fourth-order valence-corrected chi connectivity index (χ4v) is 8.50. The Bertz CT molecular complexity index is 3040. The molecule has 0 radical (unpaired) electrons. The lowest BCUT2D eigenvalue weighted by Gasteiger charge is -2.28. The number of rotatable bonds is 9. The Balaban J connectivity index is 0.991. The zero-order valence-corrected chi connectivity index (χ0v) is 33.2. The Kier molecular flexibility index (Phi) is 9.24. The van der Waals surface area contributed by atoms with Crippen molar-refractivity contribution in [1.82, 2.24) is 0 Å². The number of benzene rings is 8.